The van der Waals surface area contributed by atoms with Crippen LogP contribution in [0.15, 0.2) is 0 Å². The van der Waals surface area contributed by atoms with Crippen molar-refractivity contribution in [3.8, 4) is 0 Å². The lowest BCUT2D eigenvalue weighted by atomic mass is 9.86. The first-order chi connectivity index (χ1) is 8.05. The number of rotatable bonds is 2. The fraction of sp³-hybridized carbons (Fsp3) is 1.00. The number of nitrogens with zero attached hydrogens (tertiary/aromatic N) is 1. The summed E-state index contributed by atoms with van der Waals surface area (Å²) in [6.07, 6.45) is 4.07. The van der Waals surface area contributed by atoms with Gasteiger partial charge in [0.15, 0.2) is 0 Å². The molecule has 2 heterocycles. The number of hydrogen-bond acceptors (Lipinski definition) is 4. The molecule has 0 aromatic heterocycles. The fourth-order valence-corrected chi connectivity index (χ4v) is 4.82. The van der Waals surface area contributed by atoms with Crippen molar-refractivity contribution in [3.05, 3.63) is 0 Å². The van der Waals surface area contributed by atoms with Gasteiger partial charge in [-0.15, -0.1) is 0 Å². The number of piperidine rings is 1. The zero-order valence-electron chi connectivity index (χ0n) is 9.97. The second-order valence-electron chi connectivity index (χ2n) is 5.45. The SMILES string of the molecule is NC1CCOC12CCN(S(=O)(=O)C1CC1)CC2. The van der Waals surface area contributed by atoms with Crippen LogP contribution in [0.1, 0.15) is 32.1 Å². The molecule has 1 spiro atoms. The molecule has 3 aliphatic rings. The minimum atomic E-state index is -3.02. The van der Waals surface area contributed by atoms with E-state index in [2.05, 4.69) is 0 Å². The molecule has 2 saturated heterocycles. The molecular weight excluding hydrogens is 240 g/mol. The minimum Gasteiger partial charge on any atom is -0.373 e. The van der Waals surface area contributed by atoms with Gasteiger partial charge in [0.1, 0.15) is 0 Å². The predicted molar refractivity (Wildman–Crippen MR) is 64.0 cm³/mol. The normalized spacial score (nSPS) is 34.3. The lowest BCUT2D eigenvalue weighted by Crippen LogP contribution is -2.54. The van der Waals surface area contributed by atoms with Gasteiger partial charge in [0, 0.05) is 25.7 Å². The zero-order chi connectivity index (χ0) is 12.1. The first kappa shape index (κ1) is 11.9. The Balaban J connectivity index is 1.68. The Bertz CT molecular complexity index is 397. The molecule has 98 valence electrons. The van der Waals surface area contributed by atoms with Gasteiger partial charge in [-0.3, -0.25) is 0 Å². The Kier molecular flexibility index (Phi) is 2.74. The Labute approximate surface area is 102 Å². The summed E-state index contributed by atoms with van der Waals surface area (Å²) in [7, 11) is -3.02. The third kappa shape index (κ3) is 1.91. The maximum Gasteiger partial charge on any atom is 0.216 e. The van der Waals surface area contributed by atoms with Gasteiger partial charge in [0.05, 0.1) is 10.9 Å². The van der Waals surface area contributed by atoms with Crippen LogP contribution in [0, 0.1) is 0 Å². The highest BCUT2D eigenvalue weighted by Gasteiger charge is 2.48. The molecule has 5 nitrogen and oxygen atoms in total. The zero-order valence-corrected chi connectivity index (χ0v) is 10.8. The summed E-state index contributed by atoms with van der Waals surface area (Å²) in [6, 6.07) is 0.0771. The van der Waals surface area contributed by atoms with Crippen molar-refractivity contribution in [1.82, 2.24) is 4.31 Å². The number of nitrogens with two attached hydrogens (primary N) is 1. The Morgan fingerprint density at radius 1 is 1.18 bits per heavy atom. The van der Waals surface area contributed by atoms with Crippen molar-refractivity contribution < 1.29 is 13.2 Å². The lowest BCUT2D eigenvalue weighted by Gasteiger charge is -2.40. The molecule has 1 saturated carbocycles. The highest BCUT2D eigenvalue weighted by Crippen LogP contribution is 2.38. The minimum absolute atomic E-state index is 0.0771. The molecular formula is C11H20N2O3S. The molecule has 1 unspecified atom stereocenters. The van der Waals surface area contributed by atoms with E-state index >= 15 is 0 Å². The van der Waals surface area contributed by atoms with Crippen LogP contribution in [0.4, 0.5) is 0 Å². The standard InChI is InChI=1S/C11H20N2O3S/c12-10-3-8-16-11(10)4-6-13(7-5-11)17(14,15)9-1-2-9/h9-10H,1-8,12H2. The Morgan fingerprint density at radius 2 is 1.82 bits per heavy atom. The van der Waals surface area contributed by atoms with Crippen LogP contribution in [0.25, 0.3) is 0 Å². The second kappa shape index (κ2) is 3.91. The molecule has 0 bridgehead atoms. The van der Waals surface area contributed by atoms with Crippen molar-refractivity contribution in [2.45, 2.75) is 49.0 Å². The molecule has 2 N–H and O–H groups in total. The average molecular weight is 260 g/mol. The van der Waals surface area contributed by atoms with Gasteiger partial charge >= 0.3 is 0 Å². The fourth-order valence-electron chi connectivity index (χ4n) is 2.97. The van der Waals surface area contributed by atoms with E-state index in [-0.39, 0.29) is 16.9 Å². The van der Waals surface area contributed by atoms with Gasteiger partial charge in [-0.1, -0.05) is 0 Å². The van der Waals surface area contributed by atoms with Crippen LogP contribution < -0.4 is 5.73 Å². The van der Waals surface area contributed by atoms with Gasteiger partial charge < -0.3 is 10.5 Å². The van der Waals surface area contributed by atoms with Crippen LogP contribution >= 0.6 is 0 Å². The van der Waals surface area contributed by atoms with E-state index in [4.69, 9.17) is 10.5 Å². The lowest BCUT2D eigenvalue weighted by molar-refractivity contribution is -0.0389. The smallest absolute Gasteiger partial charge is 0.216 e. The quantitative estimate of drug-likeness (QED) is 0.762. The van der Waals surface area contributed by atoms with E-state index in [0.29, 0.717) is 13.1 Å². The average Bonchev–Trinajstić information content (AvgIpc) is 3.09. The molecule has 6 heteroatoms. The van der Waals surface area contributed by atoms with E-state index in [1.54, 1.807) is 4.31 Å². The Hall–Kier alpha value is -0.170. The topological polar surface area (TPSA) is 72.6 Å². The largest absolute Gasteiger partial charge is 0.373 e. The molecule has 3 rings (SSSR count). The van der Waals surface area contributed by atoms with Crippen molar-refractivity contribution in [1.29, 1.82) is 0 Å². The molecule has 0 amide bonds. The van der Waals surface area contributed by atoms with E-state index in [9.17, 15) is 8.42 Å². The molecule has 3 fully saturated rings. The van der Waals surface area contributed by atoms with Gasteiger partial charge in [-0.2, -0.15) is 0 Å². The van der Waals surface area contributed by atoms with Crippen LogP contribution in [-0.2, 0) is 14.8 Å². The number of ether oxygens (including phenoxy) is 1. The predicted octanol–water partition coefficient (Wildman–Crippen LogP) is 0.0608. The molecule has 0 radical (unpaired) electrons. The molecule has 1 aliphatic carbocycles. The van der Waals surface area contributed by atoms with Crippen molar-refractivity contribution in [2.24, 2.45) is 5.73 Å². The van der Waals surface area contributed by atoms with Gasteiger partial charge in [0.2, 0.25) is 10.0 Å². The summed E-state index contributed by atoms with van der Waals surface area (Å²) in [4.78, 5) is 0. The highest BCUT2D eigenvalue weighted by atomic mass is 32.2. The van der Waals surface area contributed by atoms with Crippen LogP contribution in [0.2, 0.25) is 0 Å². The summed E-state index contributed by atoms with van der Waals surface area (Å²) in [6.45, 7) is 1.87. The maximum absolute atomic E-state index is 12.1. The number of hydrogen-bond donors (Lipinski definition) is 1. The summed E-state index contributed by atoms with van der Waals surface area (Å²) in [5.74, 6) is 0. The Morgan fingerprint density at radius 3 is 2.29 bits per heavy atom. The van der Waals surface area contributed by atoms with E-state index < -0.39 is 10.0 Å². The third-order valence-electron chi connectivity index (χ3n) is 4.37. The van der Waals surface area contributed by atoms with E-state index in [1.165, 1.54) is 0 Å². The first-order valence-corrected chi connectivity index (χ1v) is 7.93. The van der Waals surface area contributed by atoms with Crippen molar-refractivity contribution in [2.75, 3.05) is 19.7 Å². The van der Waals surface area contributed by atoms with E-state index in [0.717, 1.165) is 38.7 Å². The summed E-state index contributed by atoms with van der Waals surface area (Å²) >= 11 is 0. The first-order valence-electron chi connectivity index (χ1n) is 6.43. The van der Waals surface area contributed by atoms with Gasteiger partial charge in [-0.05, 0) is 32.1 Å². The maximum atomic E-state index is 12.1. The molecule has 0 aromatic carbocycles. The number of sulfonamides is 1. The highest BCUT2D eigenvalue weighted by molar-refractivity contribution is 7.90. The van der Waals surface area contributed by atoms with Crippen molar-refractivity contribution >= 4 is 10.0 Å². The van der Waals surface area contributed by atoms with Gasteiger partial charge in [-0.25, -0.2) is 12.7 Å². The van der Waals surface area contributed by atoms with Crippen LogP contribution in [0.5, 0.6) is 0 Å². The van der Waals surface area contributed by atoms with Crippen molar-refractivity contribution in [3.63, 3.8) is 0 Å². The van der Waals surface area contributed by atoms with Crippen LogP contribution in [-0.4, -0.2) is 49.3 Å². The molecule has 0 aromatic rings. The summed E-state index contributed by atoms with van der Waals surface area (Å²) in [5, 5.41) is -0.102. The molecule has 17 heavy (non-hydrogen) atoms. The van der Waals surface area contributed by atoms with Crippen LogP contribution in [0.3, 0.4) is 0 Å². The monoisotopic (exact) mass is 260 g/mol. The third-order valence-corrected chi connectivity index (χ3v) is 6.77. The molecule has 2 aliphatic heterocycles. The summed E-state index contributed by atoms with van der Waals surface area (Å²) < 4.78 is 31.6. The van der Waals surface area contributed by atoms with Gasteiger partial charge in [0.25, 0.3) is 0 Å². The summed E-state index contributed by atoms with van der Waals surface area (Å²) in [5.41, 5.74) is 5.84. The van der Waals surface area contributed by atoms with E-state index in [1.807, 2.05) is 0 Å². The molecule has 1 atom stereocenters. The second-order valence-corrected chi connectivity index (χ2v) is 7.66.